The molecule has 0 aliphatic heterocycles. The minimum absolute atomic E-state index is 0.00344. The molecule has 0 aromatic heterocycles. The molecule has 0 aliphatic carbocycles. The Labute approximate surface area is 157 Å². The molecule has 0 nitrogen and oxygen atoms in total. The highest BCUT2D eigenvalue weighted by Gasteiger charge is 2.27. The maximum absolute atomic E-state index is 6.03. The van der Waals surface area contributed by atoms with Gasteiger partial charge in [0, 0.05) is 14.8 Å². The Balaban J connectivity index is 1.85. The zero-order valence-corrected chi connectivity index (χ0v) is 15.9. The summed E-state index contributed by atoms with van der Waals surface area (Å²) in [5, 5.41) is 0.784. The molecule has 24 heavy (non-hydrogen) atoms. The SMILES string of the molecule is CC(Cc1ccc(Cl)cc1)(Sc1ccccc1)Sc1ccccc1. The first-order valence-corrected chi connectivity index (χ1v) is 9.87. The van der Waals surface area contributed by atoms with Crippen molar-refractivity contribution in [3.8, 4) is 0 Å². The molecule has 0 saturated heterocycles. The summed E-state index contributed by atoms with van der Waals surface area (Å²) in [5.41, 5.74) is 1.30. The van der Waals surface area contributed by atoms with E-state index in [9.17, 15) is 0 Å². The maximum atomic E-state index is 6.03. The van der Waals surface area contributed by atoms with Gasteiger partial charge in [-0.25, -0.2) is 0 Å². The first-order chi connectivity index (χ1) is 11.6. The number of thioether (sulfide) groups is 2. The highest BCUT2D eigenvalue weighted by atomic mass is 35.5. The Bertz CT molecular complexity index is 713. The summed E-state index contributed by atoms with van der Waals surface area (Å²) in [5.74, 6) is 0. The van der Waals surface area contributed by atoms with Gasteiger partial charge < -0.3 is 0 Å². The van der Waals surface area contributed by atoms with Gasteiger partial charge in [-0.3, -0.25) is 0 Å². The molecule has 0 radical (unpaired) electrons. The minimum Gasteiger partial charge on any atom is -0.108 e. The van der Waals surface area contributed by atoms with E-state index in [1.54, 1.807) is 0 Å². The van der Waals surface area contributed by atoms with E-state index in [1.165, 1.54) is 15.4 Å². The van der Waals surface area contributed by atoms with Gasteiger partial charge in [0.25, 0.3) is 0 Å². The Morgan fingerprint density at radius 1 is 0.708 bits per heavy atom. The van der Waals surface area contributed by atoms with Crippen molar-refractivity contribution in [3.63, 3.8) is 0 Å². The average Bonchev–Trinajstić information content (AvgIpc) is 2.58. The number of halogens is 1. The highest BCUT2D eigenvalue weighted by Crippen LogP contribution is 2.47. The zero-order chi connectivity index (χ0) is 16.8. The molecule has 0 heterocycles. The zero-order valence-electron chi connectivity index (χ0n) is 13.5. The van der Waals surface area contributed by atoms with E-state index < -0.39 is 0 Å². The third kappa shape index (κ3) is 5.07. The number of benzene rings is 3. The van der Waals surface area contributed by atoms with E-state index in [-0.39, 0.29) is 4.08 Å². The molecule has 3 rings (SSSR count). The summed E-state index contributed by atoms with van der Waals surface area (Å²) in [6.07, 6.45) is 0.962. The Hall–Kier alpha value is -1.35. The van der Waals surface area contributed by atoms with Crippen molar-refractivity contribution in [1.82, 2.24) is 0 Å². The van der Waals surface area contributed by atoms with Crippen LogP contribution in [0.1, 0.15) is 12.5 Å². The predicted molar refractivity (Wildman–Crippen MR) is 108 cm³/mol. The molecule has 122 valence electrons. The molecule has 0 spiro atoms. The van der Waals surface area contributed by atoms with Crippen molar-refractivity contribution in [2.45, 2.75) is 27.2 Å². The summed E-state index contributed by atoms with van der Waals surface area (Å²) in [6.45, 7) is 2.32. The third-order valence-electron chi connectivity index (χ3n) is 3.59. The van der Waals surface area contributed by atoms with E-state index in [2.05, 4.69) is 79.7 Å². The van der Waals surface area contributed by atoms with Crippen LogP contribution in [0.15, 0.2) is 94.7 Å². The average molecular weight is 371 g/mol. The quantitative estimate of drug-likeness (QED) is 0.333. The summed E-state index contributed by atoms with van der Waals surface area (Å²) >= 11 is 9.86. The lowest BCUT2D eigenvalue weighted by molar-refractivity contribution is 0.878. The van der Waals surface area contributed by atoms with Gasteiger partial charge in [-0.2, -0.15) is 0 Å². The number of hydrogen-bond donors (Lipinski definition) is 0. The fourth-order valence-electron chi connectivity index (χ4n) is 2.54. The number of rotatable bonds is 6. The molecule has 0 fully saturated rings. The topological polar surface area (TPSA) is 0 Å². The summed E-state index contributed by atoms with van der Waals surface area (Å²) < 4.78 is -0.00344. The van der Waals surface area contributed by atoms with Crippen LogP contribution in [0.4, 0.5) is 0 Å². The van der Waals surface area contributed by atoms with Crippen LogP contribution in [0.5, 0.6) is 0 Å². The molecule has 0 amide bonds. The molecule has 0 aliphatic rings. The van der Waals surface area contributed by atoms with Crippen molar-refractivity contribution in [3.05, 3.63) is 95.5 Å². The fourth-order valence-corrected chi connectivity index (χ4v) is 5.47. The van der Waals surface area contributed by atoms with Crippen molar-refractivity contribution >= 4 is 35.1 Å². The number of hydrogen-bond acceptors (Lipinski definition) is 2. The molecule has 0 saturated carbocycles. The van der Waals surface area contributed by atoms with E-state index in [1.807, 2.05) is 35.7 Å². The van der Waals surface area contributed by atoms with Gasteiger partial charge >= 0.3 is 0 Å². The first kappa shape index (κ1) is 17.5. The Morgan fingerprint density at radius 2 is 1.17 bits per heavy atom. The van der Waals surface area contributed by atoms with Crippen molar-refractivity contribution in [2.24, 2.45) is 0 Å². The lowest BCUT2D eigenvalue weighted by atomic mass is 10.1. The molecular formula is C21H19ClS2. The fraction of sp³-hybridized carbons (Fsp3) is 0.143. The molecule has 0 atom stereocenters. The summed E-state index contributed by atoms with van der Waals surface area (Å²) in [4.78, 5) is 2.58. The molecule has 3 aromatic rings. The van der Waals surface area contributed by atoms with Crippen molar-refractivity contribution < 1.29 is 0 Å². The molecular weight excluding hydrogens is 352 g/mol. The van der Waals surface area contributed by atoms with Crippen LogP contribution in [0.3, 0.4) is 0 Å². The van der Waals surface area contributed by atoms with Gasteiger partial charge in [0.1, 0.15) is 0 Å². The molecule has 3 aromatic carbocycles. The van der Waals surface area contributed by atoms with E-state index in [4.69, 9.17) is 11.6 Å². The first-order valence-electron chi connectivity index (χ1n) is 7.86. The Morgan fingerprint density at radius 3 is 1.62 bits per heavy atom. The monoisotopic (exact) mass is 370 g/mol. The molecule has 3 heteroatoms. The lowest BCUT2D eigenvalue weighted by Gasteiger charge is -2.29. The van der Waals surface area contributed by atoms with E-state index in [0.717, 1.165) is 11.4 Å². The largest absolute Gasteiger partial charge is 0.108 e. The van der Waals surface area contributed by atoms with Gasteiger partial charge in [-0.15, -0.1) is 23.5 Å². The van der Waals surface area contributed by atoms with Crippen LogP contribution in [0.25, 0.3) is 0 Å². The Kier molecular flexibility index (Phi) is 5.94. The lowest BCUT2D eigenvalue weighted by Crippen LogP contribution is -2.18. The molecule has 0 N–H and O–H groups in total. The minimum atomic E-state index is -0.00344. The highest BCUT2D eigenvalue weighted by molar-refractivity contribution is 8.18. The molecule has 0 unspecified atom stereocenters. The summed E-state index contributed by atoms with van der Waals surface area (Å²) in [7, 11) is 0. The van der Waals surface area contributed by atoms with Crippen molar-refractivity contribution in [1.29, 1.82) is 0 Å². The smallest absolute Gasteiger partial charge is 0.0717 e. The van der Waals surface area contributed by atoms with Crippen LogP contribution in [-0.4, -0.2) is 4.08 Å². The van der Waals surface area contributed by atoms with E-state index in [0.29, 0.717) is 0 Å². The normalized spacial score (nSPS) is 11.4. The second-order valence-corrected chi connectivity index (χ2v) is 9.62. The van der Waals surface area contributed by atoms with Crippen LogP contribution in [0.2, 0.25) is 5.02 Å². The van der Waals surface area contributed by atoms with Gasteiger partial charge in [-0.05, 0) is 55.3 Å². The molecule has 0 bridgehead atoms. The second kappa shape index (κ2) is 8.15. The van der Waals surface area contributed by atoms with Crippen LogP contribution >= 0.6 is 35.1 Å². The van der Waals surface area contributed by atoms with Gasteiger partial charge in [0.05, 0.1) is 4.08 Å². The standard InChI is InChI=1S/C21H19ClS2/c1-21(23-19-8-4-2-5-9-19,24-20-10-6-3-7-11-20)16-17-12-14-18(22)15-13-17/h2-15H,16H2,1H3. The van der Waals surface area contributed by atoms with E-state index >= 15 is 0 Å². The predicted octanol–water partition coefficient (Wildman–Crippen LogP) is 7.18. The van der Waals surface area contributed by atoms with Crippen LogP contribution in [0, 0.1) is 0 Å². The maximum Gasteiger partial charge on any atom is 0.0717 e. The summed E-state index contributed by atoms with van der Waals surface area (Å²) in [6, 6.07) is 29.4. The van der Waals surface area contributed by atoms with Gasteiger partial charge in [0.15, 0.2) is 0 Å². The second-order valence-electron chi connectivity index (χ2n) is 5.77. The van der Waals surface area contributed by atoms with Crippen LogP contribution < -0.4 is 0 Å². The van der Waals surface area contributed by atoms with Crippen LogP contribution in [-0.2, 0) is 6.42 Å². The van der Waals surface area contributed by atoms with Gasteiger partial charge in [0.2, 0.25) is 0 Å². The third-order valence-corrected chi connectivity index (χ3v) is 6.51. The van der Waals surface area contributed by atoms with Gasteiger partial charge in [-0.1, -0.05) is 60.1 Å². The van der Waals surface area contributed by atoms with Crippen molar-refractivity contribution in [2.75, 3.05) is 0 Å².